The number of aromatic nitrogens is 2. The van der Waals surface area contributed by atoms with Crippen molar-refractivity contribution < 1.29 is 0 Å². The lowest BCUT2D eigenvalue weighted by atomic mass is 10.2. The predicted octanol–water partition coefficient (Wildman–Crippen LogP) is 1.80. The number of nitrogens with one attached hydrogen (secondary N) is 1. The van der Waals surface area contributed by atoms with Gasteiger partial charge in [0.1, 0.15) is 0 Å². The van der Waals surface area contributed by atoms with Gasteiger partial charge >= 0.3 is 0 Å². The maximum Gasteiger partial charge on any atom is 0.225 e. The summed E-state index contributed by atoms with van der Waals surface area (Å²) in [6.07, 6.45) is 9.01. The van der Waals surface area contributed by atoms with Gasteiger partial charge in [-0.25, -0.2) is 9.97 Å². The van der Waals surface area contributed by atoms with Gasteiger partial charge in [0.05, 0.1) is 0 Å². The number of hydrogen-bond donors (Lipinski definition) is 1. The molecule has 92 valence electrons. The molecule has 17 heavy (non-hydrogen) atoms. The molecule has 1 unspecified atom stereocenters. The second-order valence-corrected chi connectivity index (χ2v) is 6.12. The van der Waals surface area contributed by atoms with E-state index in [1.807, 2.05) is 12.4 Å². The van der Waals surface area contributed by atoms with Crippen LogP contribution in [-0.4, -0.2) is 35.1 Å². The normalized spacial score (nSPS) is 24.3. The lowest BCUT2D eigenvalue weighted by Gasteiger charge is -2.24. The maximum atomic E-state index is 4.43. The molecule has 2 aliphatic rings. The van der Waals surface area contributed by atoms with Gasteiger partial charge in [0.25, 0.3) is 0 Å². The van der Waals surface area contributed by atoms with Crippen molar-refractivity contribution in [2.24, 2.45) is 0 Å². The number of hydrogen-bond acceptors (Lipinski definition) is 4. The zero-order chi connectivity index (χ0) is 11.7. The van der Waals surface area contributed by atoms with Crippen LogP contribution in [0.3, 0.4) is 0 Å². The molecule has 1 N–H and O–H groups in total. The van der Waals surface area contributed by atoms with Crippen molar-refractivity contribution in [2.75, 3.05) is 18.0 Å². The van der Waals surface area contributed by atoms with E-state index in [-0.39, 0.29) is 0 Å². The molecule has 1 aromatic rings. The quantitative estimate of drug-likeness (QED) is 0.846. The molecule has 4 nitrogen and oxygen atoms in total. The summed E-state index contributed by atoms with van der Waals surface area (Å²) in [4.78, 5) is 11.2. The van der Waals surface area contributed by atoms with Crippen molar-refractivity contribution in [1.29, 1.82) is 0 Å². The summed E-state index contributed by atoms with van der Waals surface area (Å²) < 4.78 is 1.10. The molecule has 3 rings (SSSR count). The molecule has 1 aromatic heterocycles. The lowest BCUT2D eigenvalue weighted by Crippen LogP contribution is -2.39. The third-order valence-corrected chi connectivity index (χ3v) is 4.02. The number of nitrogens with zero attached hydrogens (tertiary/aromatic N) is 3. The van der Waals surface area contributed by atoms with E-state index in [1.54, 1.807) is 0 Å². The molecule has 1 saturated carbocycles. The van der Waals surface area contributed by atoms with E-state index >= 15 is 0 Å². The summed E-state index contributed by atoms with van der Waals surface area (Å²) in [6.45, 7) is 2.18. The third-order valence-electron chi connectivity index (χ3n) is 3.46. The van der Waals surface area contributed by atoms with Gasteiger partial charge in [-0.15, -0.1) is 0 Å². The average molecular weight is 344 g/mol. The second kappa shape index (κ2) is 5.06. The van der Waals surface area contributed by atoms with Crippen LogP contribution in [0.15, 0.2) is 12.4 Å². The van der Waals surface area contributed by atoms with Gasteiger partial charge in [-0.3, -0.25) is 0 Å². The third kappa shape index (κ3) is 2.88. The fourth-order valence-electron chi connectivity index (χ4n) is 2.36. The molecule has 0 spiro atoms. The van der Waals surface area contributed by atoms with Gasteiger partial charge in [0, 0.05) is 41.1 Å². The van der Waals surface area contributed by atoms with Gasteiger partial charge in [-0.05, 0) is 48.3 Å². The fourth-order valence-corrected chi connectivity index (χ4v) is 2.63. The largest absolute Gasteiger partial charge is 0.337 e. The molecule has 1 saturated heterocycles. The zero-order valence-corrected chi connectivity index (χ0v) is 11.9. The highest BCUT2D eigenvalue weighted by molar-refractivity contribution is 14.1. The first kappa shape index (κ1) is 11.6. The highest BCUT2D eigenvalue weighted by Gasteiger charge is 2.29. The molecule has 0 amide bonds. The van der Waals surface area contributed by atoms with E-state index in [4.69, 9.17) is 0 Å². The summed E-state index contributed by atoms with van der Waals surface area (Å²) in [5.41, 5.74) is 0. The van der Waals surface area contributed by atoms with Gasteiger partial charge in [-0.1, -0.05) is 0 Å². The van der Waals surface area contributed by atoms with E-state index < -0.39 is 0 Å². The van der Waals surface area contributed by atoms with Gasteiger partial charge in [-0.2, -0.15) is 0 Å². The Kier molecular flexibility index (Phi) is 3.46. The Morgan fingerprint density at radius 1 is 1.29 bits per heavy atom. The summed E-state index contributed by atoms with van der Waals surface area (Å²) in [5, 5.41) is 3.61. The molecular formula is C12H17IN4. The van der Waals surface area contributed by atoms with Crippen LogP contribution in [0, 0.1) is 3.57 Å². The zero-order valence-electron chi connectivity index (χ0n) is 9.77. The molecule has 0 aromatic carbocycles. The van der Waals surface area contributed by atoms with Crippen LogP contribution in [0.5, 0.6) is 0 Å². The summed E-state index contributed by atoms with van der Waals surface area (Å²) in [6, 6.07) is 1.37. The van der Waals surface area contributed by atoms with Crippen molar-refractivity contribution in [3.63, 3.8) is 0 Å². The molecular weight excluding hydrogens is 327 g/mol. The van der Waals surface area contributed by atoms with E-state index in [0.717, 1.165) is 28.6 Å². The summed E-state index contributed by atoms with van der Waals surface area (Å²) in [5.74, 6) is 0.894. The minimum Gasteiger partial charge on any atom is -0.337 e. The van der Waals surface area contributed by atoms with Crippen molar-refractivity contribution in [1.82, 2.24) is 15.3 Å². The molecule has 0 radical (unpaired) electrons. The Labute approximate surface area is 115 Å². The second-order valence-electron chi connectivity index (χ2n) is 4.87. The van der Waals surface area contributed by atoms with Crippen LogP contribution < -0.4 is 10.2 Å². The lowest BCUT2D eigenvalue weighted by molar-refractivity contribution is 0.565. The van der Waals surface area contributed by atoms with Crippen molar-refractivity contribution in [3.8, 4) is 0 Å². The van der Waals surface area contributed by atoms with E-state index in [0.29, 0.717) is 6.04 Å². The number of anilines is 1. The van der Waals surface area contributed by atoms with Crippen molar-refractivity contribution >= 4 is 28.5 Å². The van der Waals surface area contributed by atoms with Crippen LogP contribution in [0.2, 0.25) is 0 Å². The van der Waals surface area contributed by atoms with Crippen molar-refractivity contribution in [2.45, 2.75) is 37.8 Å². The van der Waals surface area contributed by atoms with Crippen molar-refractivity contribution in [3.05, 3.63) is 16.0 Å². The topological polar surface area (TPSA) is 41.1 Å². The molecule has 2 heterocycles. The first-order valence-electron chi connectivity index (χ1n) is 6.30. The molecule has 1 atom stereocenters. The first-order chi connectivity index (χ1) is 8.33. The Bertz CT molecular complexity index is 377. The highest BCUT2D eigenvalue weighted by atomic mass is 127. The Balaban J connectivity index is 1.65. The molecule has 1 aliphatic heterocycles. The summed E-state index contributed by atoms with van der Waals surface area (Å²) in [7, 11) is 0. The maximum absolute atomic E-state index is 4.43. The highest BCUT2D eigenvalue weighted by Crippen LogP contribution is 2.24. The van der Waals surface area contributed by atoms with Crippen LogP contribution >= 0.6 is 22.6 Å². The SMILES string of the molecule is Ic1cnc(N2CCCC2CNC2CC2)nc1. The molecule has 0 bridgehead atoms. The number of halogens is 1. The smallest absolute Gasteiger partial charge is 0.225 e. The van der Waals surface area contributed by atoms with E-state index in [9.17, 15) is 0 Å². The van der Waals surface area contributed by atoms with Gasteiger partial charge < -0.3 is 10.2 Å². The number of rotatable bonds is 4. The molecule has 2 fully saturated rings. The van der Waals surface area contributed by atoms with Gasteiger partial charge in [0.15, 0.2) is 0 Å². The standard InChI is InChI=1S/C12H17IN4/c13-9-6-15-12(16-7-9)17-5-1-2-11(17)8-14-10-3-4-10/h6-7,10-11,14H,1-5,8H2. The van der Waals surface area contributed by atoms with Crippen LogP contribution in [0.1, 0.15) is 25.7 Å². The molecule has 1 aliphatic carbocycles. The van der Waals surface area contributed by atoms with Gasteiger partial charge in [0.2, 0.25) is 5.95 Å². The summed E-state index contributed by atoms with van der Waals surface area (Å²) >= 11 is 2.24. The monoisotopic (exact) mass is 344 g/mol. The average Bonchev–Trinajstić information content (AvgIpc) is 3.06. The van der Waals surface area contributed by atoms with Crippen LogP contribution in [0.25, 0.3) is 0 Å². The Morgan fingerprint density at radius 3 is 2.76 bits per heavy atom. The minimum atomic E-state index is 0.579. The first-order valence-corrected chi connectivity index (χ1v) is 7.38. The van der Waals surface area contributed by atoms with E-state index in [2.05, 4.69) is 42.8 Å². The fraction of sp³-hybridized carbons (Fsp3) is 0.667. The van der Waals surface area contributed by atoms with Crippen LogP contribution in [-0.2, 0) is 0 Å². The van der Waals surface area contributed by atoms with Crippen LogP contribution in [0.4, 0.5) is 5.95 Å². The van der Waals surface area contributed by atoms with E-state index in [1.165, 1.54) is 25.7 Å². The Hall–Kier alpha value is -0.430. The predicted molar refractivity (Wildman–Crippen MR) is 76.1 cm³/mol. The minimum absolute atomic E-state index is 0.579. The molecule has 5 heteroatoms. The Morgan fingerprint density at radius 2 is 2.06 bits per heavy atom.